The van der Waals surface area contributed by atoms with E-state index in [4.69, 9.17) is 16.6 Å². The Morgan fingerprint density at radius 3 is 2.56 bits per heavy atom. The van der Waals surface area contributed by atoms with E-state index < -0.39 is 18.0 Å². The topological polar surface area (TPSA) is 83.3 Å². The number of aliphatic hydroxyl groups is 1. The molecule has 11 heteroatoms. The minimum absolute atomic E-state index is 0.0592. The maximum atomic E-state index is 13.4. The number of alkyl halides is 3. The van der Waals surface area contributed by atoms with Crippen LogP contribution in [0.25, 0.3) is 16.9 Å². The Labute approximate surface area is 211 Å². The highest BCUT2D eigenvalue weighted by atomic mass is 35.5. The molecule has 1 saturated carbocycles. The van der Waals surface area contributed by atoms with Crippen LogP contribution in [-0.2, 0) is 11.0 Å². The van der Waals surface area contributed by atoms with Crippen LogP contribution in [0.1, 0.15) is 43.4 Å². The van der Waals surface area contributed by atoms with Gasteiger partial charge in [0, 0.05) is 24.0 Å². The Morgan fingerprint density at radius 2 is 1.89 bits per heavy atom. The number of nitrogens with one attached hydrogen (secondary N) is 1. The molecule has 0 bridgehead atoms. The second-order valence-corrected chi connectivity index (χ2v) is 10.00. The number of hydrogen-bond donors (Lipinski definition) is 2. The third-order valence-corrected chi connectivity index (χ3v) is 7.53. The number of fused-ring (bicyclic) bond motifs is 1. The molecule has 1 aliphatic carbocycles. The first-order chi connectivity index (χ1) is 17.1. The molecule has 0 radical (unpaired) electrons. The smallest absolute Gasteiger partial charge is 0.391 e. The van der Waals surface area contributed by atoms with Crippen LogP contribution in [0.2, 0.25) is 5.02 Å². The van der Waals surface area contributed by atoms with Crippen molar-refractivity contribution in [3.63, 3.8) is 0 Å². The lowest BCUT2D eigenvalue weighted by Crippen LogP contribution is -2.46. The van der Waals surface area contributed by atoms with Crippen molar-refractivity contribution >= 4 is 34.5 Å². The van der Waals surface area contributed by atoms with Gasteiger partial charge in [0.15, 0.2) is 0 Å². The lowest BCUT2D eigenvalue weighted by atomic mass is 9.95. The summed E-state index contributed by atoms with van der Waals surface area (Å²) in [4.78, 5) is 23.4. The van der Waals surface area contributed by atoms with Crippen LogP contribution in [-0.4, -0.2) is 50.8 Å². The molecule has 1 saturated heterocycles. The summed E-state index contributed by atoms with van der Waals surface area (Å²) in [5.41, 5.74) is 0.944. The fourth-order valence-electron chi connectivity index (χ4n) is 5.08. The molecule has 192 valence electrons. The molecule has 1 aromatic carbocycles. The van der Waals surface area contributed by atoms with Gasteiger partial charge in [-0.25, -0.2) is 9.97 Å². The van der Waals surface area contributed by atoms with Crippen LogP contribution in [0.5, 0.6) is 0 Å². The second-order valence-electron chi connectivity index (χ2n) is 9.59. The summed E-state index contributed by atoms with van der Waals surface area (Å²) in [6.07, 6.45) is -1.57. The van der Waals surface area contributed by atoms with E-state index in [1.54, 1.807) is 16.7 Å². The standard InChI is InChI=1S/C25H27ClF3N5O2/c1-14-12-19-18(13-16(14)26)31-24(34(19)22-7-3-6-21(32-22)25(27,28)29)33-10-8-15(9-11-33)23(36)30-17-4-2-5-20(17)35/h3,6-7,12-13,15,17,20,35H,2,4-5,8-11H2,1H3,(H,30,36)/t17-,20?/m0/s1. The van der Waals surface area contributed by atoms with E-state index in [2.05, 4.69) is 10.3 Å². The predicted molar refractivity (Wildman–Crippen MR) is 130 cm³/mol. The van der Waals surface area contributed by atoms with Gasteiger partial charge in [0.1, 0.15) is 11.5 Å². The lowest BCUT2D eigenvalue weighted by Gasteiger charge is -2.33. The molecule has 5 rings (SSSR count). The summed E-state index contributed by atoms with van der Waals surface area (Å²) in [5.74, 6) is 0.314. The molecule has 3 heterocycles. The number of hydrogen-bond acceptors (Lipinski definition) is 5. The van der Waals surface area contributed by atoms with Crippen molar-refractivity contribution in [3.8, 4) is 5.82 Å². The molecule has 36 heavy (non-hydrogen) atoms. The van der Waals surface area contributed by atoms with Gasteiger partial charge in [0.05, 0.1) is 23.2 Å². The maximum Gasteiger partial charge on any atom is 0.433 e. The summed E-state index contributed by atoms with van der Waals surface area (Å²) in [5, 5.41) is 13.5. The molecule has 7 nitrogen and oxygen atoms in total. The SMILES string of the molecule is Cc1cc2c(cc1Cl)nc(N1CCC(C(=O)N[C@H]3CCCC3O)CC1)n2-c1cccc(C(F)(F)F)n1. The molecule has 1 amide bonds. The van der Waals surface area contributed by atoms with Gasteiger partial charge in [0.25, 0.3) is 0 Å². The number of aliphatic hydroxyl groups excluding tert-OH is 1. The van der Waals surface area contributed by atoms with Gasteiger partial charge in [-0.2, -0.15) is 13.2 Å². The largest absolute Gasteiger partial charge is 0.433 e. The summed E-state index contributed by atoms with van der Waals surface area (Å²) in [6, 6.07) is 7.10. The number of nitrogens with zero attached hydrogens (tertiary/aromatic N) is 4. The molecule has 2 fully saturated rings. The highest BCUT2D eigenvalue weighted by molar-refractivity contribution is 6.32. The van der Waals surface area contributed by atoms with Crippen molar-refractivity contribution in [1.29, 1.82) is 0 Å². The Balaban J connectivity index is 1.44. The van der Waals surface area contributed by atoms with Crippen LogP contribution in [0, 0.1) is 12.8 Å². The quantitative estimate of drug-likeness (QED) is 0.522. The number of carbonyl (C=O) groups is 1. The fourth-order valence-corrected chi connectivity index (χ4v) is 5.24. The summed E-state index contributed by atoms with van der Waals surface area (Å²) >= 11 is 6.31. The first-order valence-corrected chi connectivity index (χ1v) is 12.5. The van der Waals surface area contributed by atoms with E-state index in [9.17, 15) is 23.1 Å². The Morgan fingerprint density at radius 1 is 1.14 bits per heavy atom. The number of imidazole rings is 1. The molecule has 3 aromatic rings. The number of pyridine rings is 1. The number of aromatic nitrogens is 3. The van der Waals surface area contributed by atoms with Crippen LogP contribution in [0.15, 0.2) is 30.3 Å². The minimum atomic E-state index is -4.58. The van der Waals surface area contributed by atoms with Gasteiger partial charge >= 0.3 is 6.18 Å². The Bertz CT molecular complexity index is 1290. The number of amides is 1. The average molecular weight is 522 g/mol. The highest BCUT2D eigenvalue weighted by Gasteiger charge is 2.34. The van der Waals surface area contributed by atoms with Gasteiger partial charge < -0.3 is 15.3 Å². The number of rotatable bonds is 4. The second kappa shape index (κ2) is 9.55. The number of benzene rings is 1. The van der Waals surface area contributed by atoms with Gasteiger partial charge in [-0.15, -0.1) is 0 Å². The van der Waals surface area contributed by atoms with E-state index in [-0.39, 0.29) is 23.7 Å². The number of halogens is 4. The van der Waals surface area contributed by atoms with Crippen LogP contribution >= 0.6 is 11.6 Å². The van der Waals surface area contributed by atoms with E-state index in [1.165, 1.54) is 12.1 Å². The first-order valence-electron chi connectivity index (χ1n) is 12.1. The van der Waals surface area contributed by atoms with Crippen molar-refractivity contribution in [2.24, 2.45) is 5.92 Å². The molecule has 0 spiro atoms. The third-order valence-electron chi connectivity index (χ3n) is 7.13. The zero-order chi connectivity index (χ0) is 25.6. The van der Waals surface area contributed by atoms with E-state index in [0.29, 0.717) is 54.4 Å². The van der Waals surface area contributed by atoms with E-state index in [0.717, 1.165) is 24.5 Å². The fraction of sp³-hybridized carbons (Fsp3) is 0.480. The van der Waals surface area contributed by atoms with Gasteiger partial charge in [-0.3, -0.25) is 9.36 Å². The van der Waals surface area contributed by atoms with Gasteiger partial charge in [-0.05, 0) is 68.9 Å². The van der Waals surface area contributed by atoms with Crippen molar-refractivity contribution in [3.05, 3.63) is 46.6 Å². The summed E-state index contributed by atoms with van der Waals surface area (Å²) < 4.78 is 41.9. The van der Waals surface area contributed by atoms with E-state index >= 15 is 0 Å². The molecule has 2 N–H and O–H groups in total. The van der Waals surface area contributed by atoms with Crippen LogP contribution < -0.4 is 10.2 Å². The van der Waals surface area contributed by atoms with Gasteiger partial charge in [-0.1, -0.05) is 17.7 Å². The normalized spacial score (nSPS) is 21.3. The molecule has 2 aromatic heterocycles. The molecule has 2 aliphatic rings. The van der Waals surface area contributed by atoms with Crippen molar-refractivity contribution < 1.29 is 23.1 Å². The monoisotopic (exact) mass is 521 g/mol. The predicted octanol–water partition coefficient (Wildman–Crippen LogP) is 4.65. The van der Waals surface area contributed by atoms with E-state index in [1.807, 2.05) is 11.8 Å². The van der Waals surface area contributed by atoms with Crippen molar-refractivity contribution in [2.75, 3.05) is 18.0 Å². The molecule has 2 atom stereocenters. The van der Waals surface area contributed by atoms with Crippen LogP contribution in [0.4, 0.5) is 19.1 Å². The van der Waals surface area contributed by atoms with Crippen LogP contribution in [0.3, 0.4) is 0 Å². The number of piperidine rings is 1. The zero-order valence-corrected chi connectivity index (χ0v) is 20.5. The Hall–Kier alpha value is -2.85. The first kappa shape index (κ1) is 24.8. The van der Waals surface area contributed by atoms with Gasteiger partial charge in [0.2, 0.25) is 11.9 Å². The summed E-state index contributed by atoms with van der Waals surface area (Å²) in [6.45, 7) is 2.82. The third kappa shape index (κ3) is 4.76. The molecule has 1 aliphatic heterocycles. The molecular formula is C25H27ClF3N5O2. The molecular weight excluding hydrogens is 495 g/mol. The maximum absolute atomic E-state index is 13.4. The minimum Gasteiger partial charge on any atom is -0.391 e. The average Bonchev–Trinajstić information content (AvgIpc) is 3.42. The number of anilines is 1. The molecule has 1 unspecified atom stereocenters. The summed E-state index contributed by atoms with van der Waals surface area (Å²) in [7, 11) is 0. The zero-order valence-electron chi connectivity index (χ0n) is 19.7. The Kier molecular flexibility index (Phi) is 6.59. The van der Waals surface area contributed by atoms with Crippen molar-refractivity contribution in [1.82, 2.24) is 19.9 Å². The highest BCUT2D eigenvalue weighted by Crippen LogP contribution is 2.34. The number of aryl methyl sites for hydroxylation is 1. The number of carbonyl (C=O) groups excluding carboxylic acids is 1. The van der Waals surface area contributed by atoms with Crippen molar-refractivity contribution in [2.45, 2.75) is 57.3 Å². The lowest BCUT2D eigenvalue weighted by molar-refractivity contribution is -0.141.